The SMILES string of the molecule is CC(C)(C)OC(=O)NCC#Cc1ccc2c(c1)C(=O)CC2. The minimum absolute atomic E-state index is 0.181. The van der Waals surface area contributed by atoms with Crippen molar-refractivity contribution >= 4 is 11.9 Å². The second-order valence-corrected chi connectivity index (χ2v) is 5.95. The number of carbonyl (C=O) groups excluding carboxylic acids is 2. The summed E-state index contributed by atoms with van der Waals surface area (Å²) in [6, 6.07) is 5.68. The van der Waals surface area contributed by atoms with Crippen LogP contribution < -0.4 is 5.32 Å². The molecule has 1 aliphatic carbocycles. The van der Waals surface area contributed by atoms with Crippen LogP contribution in [-0.2, 0) is 11.2 Å². The Morgan fingerprint density at radius 3 is 2.81 bits per heavy atom. The predicted octanol–water partition coefficient (Wildman–Crippen LogP) is 2.69. The number of rotatable bonds is 1. The largest absolute Gasteiger partial charge is 0.444 e. The summed E-state index contributed by atoms with van der Waals surface area (Å²) in [5.74, 6) is 5.97. The molecule has 110 valence electrons. The maximum Gasteiger partial charge on any atom is 0.408 e. The summed E-state index contributed by atoms with van der Waals surface area (Å²) in [5, 5.41) is 2.57. The molecule has 1 aliphatic rings. The number of Topliss-reactive ketones (excluding diaryl/α,β-unsaturated/α-hetero) is 1. The molecule has 0 aromatic heterocycles. The number of ketones is 1. The van der Waals surface area contributed by atoms with Gasteiger partial charge in [-0.25, -0.2) is 4.79 Å². The number of amides is 1. The highest BCUT2D eigenvalue weighted by Gasteiger charge is 2.19. The van der Waals surface area contributed by atoms with E-state index >= 15 is 0 Å². The van der Waals surface area contributed by atoms with Gasteiger partial charge in [0.25, 0.3) is 0 Å². The third-order valence-electron chi connectivity index (χ3n) is 2.98. The van der Waals surface area contributed by atoms with Crippen LogP contribution in [0, 0.1) is 11.8 Å². The average Bonchev–Trinajstić information content (AvgIpc) is 2.74. The van der Waals surface area contributed by atoms with Crippen LogP contribution in [0.3, 0.4) is 0 Å². The lowest BCUT2D eigenvalue weighted by Crippen LogP contribution is -2.32. The summed E-state index contributed by atoms with van der Waals surface area (Å²) in [4.78, 5) is 23.1. The van der Waals surface area contributed by atoms with E-state index < -0.39 is 11.7 Å². The maximum absolute atomic E-state index is 11.6. The summed E-state index contributed by atoms with van der Waals surface area (Å²) in [6.45, 7) is 5.62. The Morgan fingerprint density at radius 1 is 1.33 bits per heavy atom. The van der Waals surface area contributed by atoms with Gasteiger partial charge < -0.3 is 10.1 Å². The van der Waals surface area contributed by atoms with Gasteiger partial charge in [-0.3, -0.25) is 4.79 Å². The summed E-state index contributed by atoms with van der Waals surface area (Å²) in [5.41, 5.74) is 2.15. The van der Waals surface area contributed by atoms with E-state index in [9.17, 15) is 9.59 Å². The zero-order chi connectivity index (χ0) is 15.5. The fourth-order valence-electron chi connectivity index (χ4n) is 2.09. The van der Waals surface area contributed by atoms with Crippen molar-refractivity contribution in [2.45, 2.75) is 39.2 Å². The third-order valence-corrected chi connectivity index (χ3v) is 2.98. The zero-order valence-corrected chi connectivity index (χ0v) is 12.6. The zero-order valence-electron chi connectivity index (χ0n) is 12.6. The molecule has 0 aliphatic heterocycles. The fraction of sp³-hybridized carbons (Fsp3) is 0.412. The van der Waals surface area contributed by atoms with Gasteiger partial charge in [0.1, 0.15) is 5.60 Å². The second-order valence-electron chi connectivity index (χ2n) is 5.95. The van der Waals surface area contributed by atoms with Crippen LogP contribution in [0.4, 0.5) is 4.79 Å². The minimum atomic E-state index is -0.516. The first kappa shape index (κ1) is 15.1. The number of aryl methyl sites for hydroxylation is 1. The van der Waals surface area contributed by atoms with E-state index in [1.807, 2.05) is 18.2 Å². The molecule has 0 bridgehead atoms. The summed E-state index contributed by atoms with van der Waals surface area (Å²) < 4.78 is 5.10. The van der Waals surface area contributed by atoms with Gasteiger partial charge in [-0.1, -0.05) is 17.9 Å². The summed E-state index contributed by atoms with van der Waals surface area (Å²) in [7, 11) is 0. The van der Waals surface area contributed by atoms with E-state index in [0.717, 1.165) is 23.1 Å². The Hall–Kier alpha value is -2.28. The highest BCUT2D eigenvalue weighted by molar-refractivity contribution is 6.00. The molecule has 0 saturated heterocycles. The molecule has 0 spiro atoms. The second kappa shape index (κ2) is 6.01. The first-order valence-electron chi connectivity index (χ1n) is 6.97. The lowest BCUT2D eigenvalue weighted by Gasteiger charge is -2.18. The fourth-order valence-corrected chi connectivity index (χ4v) is 2.09. The minimum Gasteiger partial charge on any atom is -0.444 e. The molecular weight excluding hydrogens is 266 g/mol. The van der Waals surface area contributed by atoms with Gasteiger partial charge in [0, 0.05) is 17.5 Å². The molecule has 1 amide bonds. The van der Waals surface area contributed by atoms with Crippen molar-refractivity contribution in [2.24, 2.45) is 0 Å². The van der Waals surface area contributed by atoms with Gasteiger partial charge in [0.05, 0.1) is 6.54 Å². The number of ether oxygens (including phenoxy) is 1. The molecule has 0 unspecified atom stereocenters. The van der Waals surface area contributed by atoms with Crippen LogP contribution in [-0.4, -0.2) is 24.0 Å². The average molecular weight is 285 g/mol. The van der Waals surface area contributed by atoms with Crippen LogP contribution in [0.2, 0.25) is 0 Å². The van der Waals surface area contributed by atoms with E-state index in [-0.39, 0.29) is 12.3 Å². The van der Waals surface area contributed by atoms with Crippen molar-refractivity contribution in [3.63, 3.8) is 0 Å². The molecule has 0 radical (unpaired) electrons. The Balaban J connectivity index is 1.91. The van der Waals surface area contributed by atoms with E-state index in [1.165, 1.54) is 0 Å². The molecule has 4 nitrogen and oxygen atoms in total. The first-order valence-corrected chi connectivity index (χ1v) is 6.97. The van der Waals surface area contributed by atoms with E-state index in [4.69, 9.17) is 4.74 Å². The standard InChI is InChI=1S/C17H19NO3/c1-17(2,3)21-16(20)18-10-4-5-12-6-7-13-8-9-15(19)14(13)11-12/h6-7,11H,8-10H2,1-3H3,(H,18,20). The predicted molar refractivity (Wildman–Crippen MR) is 80.2 cm³/mol. The van der Waals surface area contributed by atoms with Crippen LogP contribution >= 0.6 is 0 Å². The number of carbonyl (C=O) groups is 2. The number of hydrogen-bond donors (Lipinski definition) is 1. The van der Waals surface area contributed by atoms with Crippen molar-refractivity contribution in [3.8, 4) is 11.8 Å². The van der Waals surface area contributed by atoms with Crippen molar-refractivity contribution < 1.29 is 14.3 Å². The lowest BCUT2D eigenvalue weighted by molar-refractivity contribution is 0.0535. The molecule has 1 aromatic carbocycles. The van der Waals surface area contributed by atoms with Gasteiger partial charge >= 0.3 is 6.09 Å². The van der Waals surface area contributed by atoms with Crippen molar-refractivity contribution in [2.75, 3.05) is 6.54 Å². The number of nitrogens with one attached hydrogen (secondary N) is 1. The van der Waals surface area contributed by atoms with Gasteiger partial charge in [-0.15, -0.1) is 0 Å². The molecule has 0 saturated carbocycles. The van der Waals surface area contributed by atoms with E-state index in [1.54, 1.807) is 20.8 Å². The Kier molecular flexibility index (Phi) is 4.32. The van der Waals surface area contributed by atoms with E-state index in [2.05, 4.69) is 17.2 Å². The molecule has 0 heterocycles. The van der Waals surface area contributed by atoms with Crippen molar-refractivity contribution in [1.82, 2.24) is 5.32 Å². The summed E-state index contributed by atoms with van der Waals surface area (Å²) >= 11 is 0. The van der Waals surface area contributed by atoms with Crippen LogP contribution in [0.1, 0.15) is 48.7 Å². The molecule has 21 heavy (non-hydrogen) atoms. The topological polar surface area (TPSA) is 55.4 Å². The molecule has 0 atom stereocenters. The number of hydrogen-bond acceptors (Lipinski definition) is 3. The first-order chi connectivity index (χ1) is 9.85. The number of fused-ring (bicyclic) bond motifs is 1. The Labute approximate surface area is 124 Å². The number of alkyl carbamates (subject to hydrolysis) is 1. The third kappa shape index (κ3) is 4.35. The molecular formula is C17H19NO3. The summed E-state index contributed by atoms with van der Waals surface area (Å²) in [6.07, 6.45) is 0.926. The van der Waals surface area contributed by atoms with Crippen LogP contribution in [0.15, 0.2) is 18.2 Å². The quantitative estimate of drug-likeness (QED) is 0.807. The van der Waals surface area contributed by atoms with Gasteiger partial charge in [0.15, 0.2) is 5.78 Å². The monoisotopic (exact) mass is 285 g/mol. The highest BCUT2D eigenvalue weighted by Crippen LogP contribution is 2.22. The number of benzene rings is 1. The van der Waals surface area contributed by atoms with Gasteiger partial charge in [-0.05, 0) is 44.9 Å². The highest BCUT2D eigenvalue weighted by atomic mass is 16.6. The normalized spacial score (nSPS) is 13.2. The molecule has 1 N–H and O–H groups in total. The Morgan fingerprint density at radius 2 is 2.10 bits per heavy atom. The molecule has 0 fully saturated rings. The van der Waals surface area contributed by atoms with E-state index in [0.29, 0.717) is 6.42 Å². The van der Waals surface area contributed by atoms with Crippen LogP contribution in [0.25, 0.3) is 0 Å². The van der Waals surface area contributed by atoms with Gasteiger partial charge in [-0.2, -0.15) is 0 Å². The van der Waals surface area contributed by atoms with Crippen molar-refractivity contribution in [1.29, 1.82) is 0 Å². The Bertz CT molecular complexity index is 630. The maximum atomic E-state index is 11.6. The smallest absolute Gasteiger partial charge is 0.408 e. The van der Waals surface area contributed by atoms with Gasteiger partial charge in [0.2, 0.25) is 0 Å². The molecule has 2 rings (SSSR count). The van der Waals surface area contributed by atoms with Crippen LogP contribution in [0.5, 0.6) is 0 Å². The lowest BCUT2D eigenvalue weighted by atomic mass is 10.1. The van der Waals surface area contributed by atoms with Crippen molar-refractivity contribution in [3.05, 3.63) is 34.9 Å². The molecule has 4 heteroatoms. The molecule has 1 aromatic rings.